The van der Waals surface area contributed by atoms with Gasteiger partial charge in [-0.05, 0) is 19.3 Å². The molecule has 2 aliphatic heterocycles. The van der Waals surface area contributed by atoms with E-state index in [0.29, 0.717) is 11.7 Å². The monoisotopic (exact) mass is 383 g/mol. The molecule has 2 rings (SSSR count). The number of carbonyl (C=O) groups is 3. The molecule has 2 atom stereocenters. The molecule has 2 aliphatic rings. The highest BCUT2D eigenvalue weighted by atomic mass is 33.1. The van der Waals surface area contributed by atoms with Crippen LogP contribution in [0, 0.1) is 0 Å². The zero-order valence-corrected chi connectivity index (χ0v) is 14.6. The smallest absolute Gasteiger partial charge is 0.330 e. The van der Waals surface area contributed by atoms with Crippen molar-refractivity contribution in [1.29, 1.82) is 0 Å². The molecule has 0 aromatic rings. The van der Waals surface area contributed by atoms with E-state index in [9.17, 15) is 22.8 Å². The average Bonchev–Trinajstić information content (AvgIpc) is 3.06. The van der Waals surface area contributed by atoms with E-state index in [1.165, 1.54) is 0 Å². The number of hydrogen-bond acceptors (Lipinski definition) is 8. The molecular formula is C12H17NO7S3. The lowest BCUT2D eigenvalue weighted by molar-refractivity contribution is -0.197. The Bertz CT molecular complexity index is 585. The molecule has 0 aliphatic carbocycles. The number of nitrogens with zero attached hydrogens (tertiary/aromatic N) is 1. The van der Waals surface area contributed by atoms with Gasteiger partial charge in [0.05, 0.1) is 6.42 Å². The maximum Gasteiger partial charge on any atom is 0.333 e. The highest BCUT2D eigenvalue weighted by Crippen LogP contribution is 2.39. The van der Waals surface area contributed by atoms with Gasteiger partial charge in [-0.1, -0.05) is 28.0 Å². The molecule has 8 nitrogen and oxygen atoms in total. The molecule has 2 fully saturated rings. The van der Waals surface area contributed by atoms with Crippen molar-refractivity contribution in [3.8, 4) is 0 Å². The van der Waals surface area contributed by atoms with E-state index in [2.05, 4.69) is 4.84 Å². The predicted molar refractivity (Wildman–Crippen MR) is 84.8 cm³/mol. The van der Waals surface area contributed by atoms with Crippen LogP contribution in [-0.2, 0) is 29.3 Å². The Labute approximate surface area is 141 Å². The minimum Gasteiger partial charge on any atom is -0.330 e. The summed E-state index contributed by atoms with van der Waals surface area (Å²) >= 11 is 0. The van der Waals surface area contributed by atoms with Crippen LogP contribution >= 0.6 is 21.6 Å². The highest BCUT2D eigenvalue weighted by Gasteiger charge is 2.48. The molecule has 130 valence electrons. The van der Waals surface area contributed by atoms with Crippen LogP contribution in [0.25, 0.3) is 0 Å². The van der Waals surface area contributed by atoms with Gasteiger partial charge in [0.2, 0.25) is 0 Å². The third-order valence-corrected chi connectivity index (χ3v) is 7.59. The normalized spacial score (nSPS) is 25.2. The fourth-order valence-corrected chi connectivity index (χ4v) is 6.00. The standard InChI is InChI=1S/C12H17NO7S3/c14-10-7-9(23(17,18)19)12(16)13(10)20-11(15)4-2-1-3-8-5-6-21-22-8/h8-9H,1-7H2,(H,17,18,19). The quantitative estimate of drug-likeness (QED) is 0.299. The summed E-state index contributed by atoms with van der Waals surface area (Å²) in [6.07, 6.45) is 2.88. The number of hydrogen-bond donors (Lipinski definition) is 1. The van der Waals surface area contributed by atoms with Gasteiger partial charge < -0.3 is 4.84 Å². The molecule has 0 spiro atoms. The second-order valence-corrected chi connectivity index (χ2v) is 9.66. The van der Waals surface area contributed by atoms with E-state index in [1.807, 2.05) is 21.6 Å². The Balaban J connectivity index is 1.74. The lowest BCUT2D eigenvalue weighted by atomic mass is 10.1. The first-order chi connectivity index (χ1) is 10.8. The van der Waals surface area contributed by atoms with E-state index in [-0.39, 0.29) is 11.5 Å². The van der Waals surface area contributed by atoms with Crippen LogP contribution in [-0.4, -0.2) is 52.1 Å². The van der Waals surface area contributed by atoms with Crippen molar-refractivity contribution in [2.75, 3.05) is 5.75 Å². The first kappa shape index (κ1) is 18.6. The minimum atomic E-state index is -4.69. The van der Waals surface area contributed by atoms with Gasteiger partial charge in [0.1, 0.15) is 0 Å². The average molecular weight is 383 g/mol. The lowest BCUT2D eigenvalue weighted by Gasteiger charge is -2.13. The zero-order valence-electron chi connectivity index (χ0n) is 12.2. The first-order valence-corrected chi connectivity index (χ1v) is 11.0. The summed E-state index contributed by atoms with van der Waals surface area (Å²) in [5.74, 6) is -1.81. The topological polar surface area (TPSA) is 118 Å². The van der Waals surface area contributed by atoms with Crippen molar-refractivity contribution < 1.29 is 32.2 Å². The Hall–Kier alpha value is -0.780. The van der Waals surface area contributed by atoms with Crippen molar-refractivity contribution >= 4 is 49.5 Å². The van der Waals surface area contributed by atoms with Gasteiger partial charge in [-0.15, -0.1) is 5.06 Å². The van der Waals surface area contributed by atoms with Gasteiger partial charge in [0.25, 0.3) is 21.9 Å². The third-order valence-electron chi connectivity index (χ3n) is 3.50. The second-order valence-electron chi connectivity index (χ2n) is 5.27. The summed E-state index contributed by atoms with van der Waals surface area (Å²) < 4.78 is 30.8. The minimum absolute atomic E-state index is 0.0398. The zero-order chi connectivity index (χ0) is 17.0. The van der Waals surface area contributed by atoms with E-state index >= 15 is 0 Å². The van der Waals surface area contributed by atoms with E-state index in [1.54, 1.807) is 0 Å². The largest absolute Gasteiger partial charge is 0.333 e. The van der Waals surface area contributed by atoms with Crippen LogP contribution in [0.15, 0.2) is 0 Å². The Morgan fingerprint density at radius 1 is 1.35 bits per heavy atom. The van der Waals surface area contributed by atoms with Crippen molar-refractivity contribution in [2.45, 2.75) is 49.0 Å². The fourth-order valence-electron chi connectivity index (χ4n) is 2.26. The van der Waals surface area contributed by atoms with Crippen molar-refractivity contribution in [3.05, 3.63) is 0 Å². The molecule has 2 saturated heterocycles. The first-order valence-electron chi connectivity index (χ1n) is 7.11. The van der Waals surface area contributed by atoms with Crippen molar-refractivity contribution in [1.82, 2.24) is 5.06 Å². The van der Waals surface area contributed by atoms with Crippen LogP contribution in [0.2, 0.25) is 0 Å². The molecule has 2 amide bonds. The van der Waals surface area contributed by atoms with Crippen LogP contribution in [0.1, 0.15) is 38.5 Å². The van der Waals surface area contributed by atoms with Crippen LogP contribution < -0.4 is 0 Å². The van der Waals surface area contributed by atoms with Gasteiger partial charge in [0.15, 0.2) is 5.25 Å². The summed E-state index contributed by atoms with van der Waals surface area (Å²) in [6, 6.07) is 0. The van der Waals surface area contributed by atoms with Crippen molar-refractivity contribution in [3.63, 3.8) is 0 Å². The third kappa shape index (κ3) is 5.10. The second kappa shape index (κ2) is 7.86. The Morgan fingerprint density at radius 2 is 2.09 bits per heavy atom. The number of hydroxylamine groups is 2. The van der Waals surface area contributed by atoms with Gasteiger partial charge in [-0.2, -0.15) is 8.42 Å². The molecule has 0 aromatic heterocycles. The summed E-state index contributed by atoms with van der Waals surface area (Å²) in [6.45, 7) is 0. The molecule has 2 heterocycles. The molecular weight excluding hydrogens is 366 g/mol. The number of rotatable bonds is 7. The molecule has 11 heteroatoms. The number of carbonyl (C=O) groups excluding carboxylic acids is 3. The van der Waals surface area contributed by atoms with Crippen LogP contribution in [0.3, 0.4) is 0 Å². The fraction of sp³-hybridized carbons (Fsp3) is 0.750. The molecule has 2 unspecified atom stereocenters. The molecule has 0 radical (unpaired) electrons. The lowest BCUT2D eigenvalue weighted by Crippen LogP contribution is -2.36. The van der Waals surface area contributed by atoms with E-state index in [4.69, 9.17) is 4.55 Å². The van der Waals surface area contributed by atoms with Crippen molar-refractivity contribution in [2.24, 2.45) is 0 Å². The Kier molecular flexibility index (Phi) is 6.34. The van der Waals surface area contributed by atoms with Gasteiger partial charge >= 0.3 is 5.97 Å². The molecule has 23 heavy (non-hydrogen) atoms. The predicted octanol–water partition coefficient (Wildman–Crippen LogP) is 1.17. The number of imide groups is 1. The summed E-state index contributed by atoms with van der Waals surface area (Å²) in [5.41, 5.74) is 0. The highest BCUT2D eigenvalue weighted by molar-refractivity contribution is 8.77. The maximum absolute atomic E-state index is 11.7. The maximum atomic E-state index is 11.7. The summed E-state index contributed by atoms with van der Waals surface area (Å²) in [5, 5.41) is -1.14. The van der Waals surface area contributed by atoms with Gasteiger partial charge in [-0.3, -0.25) is 14.1 Å². The Morgan fingerprint density at radius 3 is 2.65 bits per heavy atom. The SMILES string of the molecule is O=C(CCCCC1CCSS1)ON1C(=O)CC(S(=O)(=O)O)C1=O. The number of unbranched alkanes of at least 4 members (excludes halogenated alkanes) is 1. The molecule has 0 saturated carbocycles. The molecule has 0 aromatic carbocycles. The molecule has 0 bridgehead atoms. The molecule has 1 N–H and O–H groups in total. The van der Waals surface area contributed by atoms with E-state index < -0.39 is 39.6 Å². The summed E-state index contributed by atoms with van der Waals surface area (Å²) in [7, 11) is -0.994. The van der Waals surface area contributed by atoms with Gasteiger partial charge in [-0.25, -0.2) is 4.79 Å². The summed E-state index contributed by atoms with van der Waals surface area (Å²) in [4.78, 5) is 39.5. The number of amides is 2. The van der Waals surface area contributed by atoms with Crippen LogP contribution in [0.4, 0.5) is 0 Å². The van der Waals surface area contributed by atoms with Crippen LogP contribution in [0.5, 0.6) is 0 Å². The van der Waals surface area contributed by atoms with E-state index in [0.717, 1.165) is 25.0 Å². The van der Waals surface area contributed by atoms with Gasteiger partial charge in [0, 0.05) is 17.4 Å².